The standard InChI is InChI=1S/C30H24N8O2S/c1-17-23(41-19(3)33-17)14-13-20-9-7-12-22-24(20)30(40)38(21-10-5-4-6-11-21)27(35-22)18(2)34-29(39)25-26(31)36-37-16-8-15-32-28(25)37/h4-12,15-16,18H,1-3H3,(H2,31,36)(H,34,39)/t18-/m1/s1. The van der Waals surface area contributed by atoms with Gasteiger partial charge in [-0.2, -0.15) is 0 Å². The fraction of sp³-hybridized carbons (Fsp3) is 0.133. The molecule has 0 aliphatic carbocycles. The second kappa shape index (κ2) is 10.3. The fourth-order valence-corrected chi connectivity index (χ4v) is 5.47. The average Bonchev–Trinajstić information content (AvgIpc) is 3.48. The fourth-order valence-electron chi connectivity index (χ4n) is 4.69. The van der Waals surface area contributed by atoms with E-state index < -0.39 is 11.9 Å². The largest absolute Gasteiger partial charge is 0.381 e. The Morgan fingerprint density at radius 1 is 1.05 bits per heavy atom. The maximum atomic E-state index is 14.2. The summed E-state index contributed by atoms with van der Waals surface area (Å²) in [5, 5.41) is 8.43. The number of aromatic nitrogens is 6. The highest BCUT2D eigenvalue weighted by Crippen LogP contribution is 2.23. The minimum Gasteiger partial charge on any atom is -0.381 e. The molecule has 1 amide bonds. The second-order valence-electron chi connectivity index (χ2n) is 9.39. The quantitative estimate of drug-likeness (QED) is 0.312. The van der Waals surface area contributed by atoms with Crippen LogP contribution in [0.2, 0.25) is 0 Å². The number of fused-ring (bicyclic) bond motifs is 2. The number of nitrogen functional groups attached to an aromatic ring is 1. The van der Waals surface area contributed by atoms with Crippen molar-refractivity contribution in [1.29, 1.82) is 0 Å². The van der Waals surface area contributed by atoms with E-state index in [1.165, 1.54) is 20.4 Å². The highest BCUT2D eigenvalue weighted by molar-refractivity contribution is 7.12. The molecule has 0 aliphatic rings. The van der Waals surface area contributed by atoms with E-state index in [0.29, 0.717) is 33.6 Å². The van der Waals surface area contributed by atoms with Crippen LogP contribution in [0.5, 0.6) is 0 Å². The van der Waals surface area contributed by atoms with E-state index in [1.807, 2.05) is 56.3 Å². The molecule has 4 aromatic heterocycles. The summed E-state index contributed by atoms with van der Waals surface area (Å²) in [6.07, 6.45) is 3.22. The van der Waals surface area contributed by atoms with Crippen LogP contribution in [0.3, 0.4) is 0 Å². The predicted octanol–water partition coefficient (Wildman–Crippen LogP) is 3.97. The minimum atomic E-state index is -0.685. The molecule has 0 bridgehead atoms. The minimum absolute atomic E-state index is 0.0508. The van der Waals surface area contributed by atoms with Crippen molar-refractivity contribution in [2.45, 2.75) is 26.8 Å². The van der Waals surface area contributed by atoms with Crippen molar-refractivity contribution in [2.75, 3.05) is 5.73 Å². The van der Waals surface area contributed by atoms with Gasteiger partial charge >= 0.3 is 0 Å². The van der Waals surface area contributed by atoms with Gasteiger partial charge in [0.05, 0.1) is 33.3 Å². The first-order valence-corrected chi connectivity index (χ1v) is 13.6. The molecule has 0 saturated carbocycles. The number of anilines is 1. The number of thiazole rings is 1. The first-order chi connectivity index (χ1) is 19.8. The monoisotopic (exact) mass is 560 g/mol. The Hall–Kier alpha value is -5.34. The predicted molar refractivity (Wildman–Crippen MR) is 158 cm³/mol. The lowest BCUT2D eigenvalue weighted by Gasteiger charge is -2.20. The highest BCUT2D eigenvalue weighted by atomic mass is 32.1. The summed E-state index contributed by atoms with van der Waals surface area (Å²) in [5.41, 5.74) is 8.75. The van der Waals surface area contributed by atoms with Crippen LogP contribution >= 0.6 is 11.3 Å². The molecule has 6 aromatic rings. The molecule has 6 rings (SSSR count). The number of amides is 1. The highest BCUT2D eigenvalue weighted by Gasteiger charge is 2.24. The number of nitrogens with two attached hydrogens (primary N) is 1. The van der Waals surface area contributed by atoms with Gasteiger partial charge in [-0.15, -0.1) is 16.4 Å². The number of hydrogen-bond acceptors (Lipinski definition) is 8. The first kappa shape index (κ1) is 25.9. The number of aryl methyl sites for hydroxylation is 2. The Morgan fingerprint density at radius 3 is 2.61 bits per heavy atom. The summed E-state index contributed by atoms with van der Waals surface area (Å²) in [6, 6.07) is 15.6. The van der Waals surface area contributed by atoms with Crippen LogP contribution in [-0.4, -0.2) is 35.0 Å². The number of carbonyl (C=O) groups excluding carboxylic acids is 1. The van der Waals surface area contributed by atoms with E-state index >= 15 is 0 Å². The number of hydrogen-bond donors (Lipinski definition) is 2. The molecule has 0 radical (unpaired) electrons. The maximum absolute atomic E-state index is 14.2. The molecule has 4 heterocycles. The third-order valence-corrected chi connectivity index (χ3v) is 7.52. The van der Waals surface area contributed by atoms with Crippen LogP contribution < -0.4 is 16.6 Å². The topological polar surface area (TPSA) is 133 Å². The van der Waals surface area contributed by atoms with Gasteiger partial charge in [0, 0.05) is 18.0 Å². The zero-order chi connectivity index (χ0) is 28.7. The molecule has 0 unspecified atom stereocenters. The van der Waals surface area contributed by atoms with E-state index in [4.69, 9.17) is 10.7 Å². The lowest BCUT2D eigenvalue weighted by atomic mass is 10.1. The summed E-state index contributed by atoms with van der Waals surface area (Å²) in [5.74, 6) is 6.27. The summed E-state index contributed by atoms with van der Waals surface area (Å²) in [4.78, 5) is 42.0. The Balaban J connectivity index is 1.48. The van der Waals surface area contributed by atoms with Crippen LogP contribution in [0.4, 0.5) is 5.82 Å². The Morgan fingerprint density at radius 2 is 1.85 bits per heavy atom. The first-order valence-electron chi connectivity index (χ1n) is 12.8. The third-order valence-electron chi connectivity index (χ3n) is 6.54. The molecule has 3 N–H and O–H groups in total. The molecule has 0 fully saturated rings. The molecule has 2 aromatic carbocycles. The number of carbonyl (C=O) groups is 1. The summed E-state index contributed by atoms with van der Waals surface area (Å²) in [7, 11) is 0. The van der Waals surface area contributed by atoms with Gasteiger partial charge in [0.25, 0.3) is 11.5 Å². The van der Waals surface area contributed by atoms with Crippen molar-refractivity contribution in [3.63, 3.8) is 0 Å². The van der Waals surface area contributed by atoms with Gasteiger partial charge in [0.1, 0.15) is 16.3 Å². The van der Waals surface area contributed by atoms with Gasteiger partial charge < -0.3 is 11.1 Å². The maximum Gasteiger partial charge on any atom is 0.267 e. The van der Waals surface area contributed by atoms with Gasteiger partial charge in [-0.3, -0.25) is 14.2 Å². The SMILES string of the molecule is Cc1nc(C)c(C#Cc2cccc3nc([C@@H](C)NC(=O)c4c(N)nn5cccnc45)n(-c4ccccc4)c(=O)c23)s1. The number of nitrogens with one attached hydrogen (secondary N) is 1. The molecule has 11 heteroatoms. The molecule has 202 valence electrons. The molecule has 1 atom stereocenters. The lowest BCUT2D eigenvalue weighted by molar-refractivity contribution is 0.0940. The number of nitrogens with zero attached hydrogens (tertiary/aromatic N) is 6. The summed E-state index contributed by atoms with van der Waals surface area (Å²) >= 11 is 1.51. The van der Waals surface area contributed by atoms with Crippen molar-refractivity contribution in [1.82, 2.24) is 34.4 Å². The van der Waals surface area contributed by atoms with Crippen molar-refractivity contribution in [2.24, 2.45) is 0 Å². The molecular formula is C30H24N8O2S. The van der Waals surface area contributed by atoms with Crippen molar-refractivity contribution < 1.29 is 4.79 Å². The smallest absolute Gasteiger partial charge is 0.267 e. The zero-order valence-corrected chi connectivity index (χ0v) is 23.2. The van der Waals surface area contributed by atoms with E-state index in [2.05, 4.69) is 32.2 Å². The van der Waals surface area contributed by atoms with Crippen molar-refractivity contribution >= 4 is 39.6 Å². The van der Waals surface area contributed by atoms with Gasteiger partial charge in [0.15, 0.2) is 11.5 Å². The lowest BCUT2D eigenvalue weighted by Crippen LogP contribution is -2.33. The van der Waals surface area contributed by atoms with Crippen LogP contribution in [0.15, 0.2) is 71.8 Å². The van der Waals surface area contributed by atoms with Gasteiger partial charge in [-0.05, 0) is 57.0 Å². The van der Waals surface area contributed by atoms with Crippen LogP contribution in [0.25, 0.3) is 22.2 Å². The summed E-state index contributed by atoms with van der Waals surface area (Å²) in [6.45, 7) is 5.61. The van der Waals surface area contributed by atoms with E-state index in [9.17, 15) is 9.59 Å². The van der Waals surface area contributed by atoms with Crippen molar-refractivity contribution in [3.05, 3.63) is 110 Å². The molecule has 10 nitrogen and oxygen atoms in total. The van der Waals surface area contributed by atoms with E-state index in [0.717, 1.165) is 15.6 Å². The van der Waals surface area contributed by atoms with Crippen molar-refractivity contribution in [3.8, 4) is 17.5 Å². The summed E-state index contributed by atoms with van der Waals surface area (Å²) < 4.78 is 2.96. The van der Waals surface area contributed by atoms with Gasteiger partial charge in [-0.25, -0.2) is 19.5 Å². The Bertz CT molecular complexity index is 2080. The van der Waals surface area contributed by atoms with Gasteiger partial charge in [0.2, 0.25) is 0 Å². The molecule has 0 saturated heterocycles. The Labute approximate surface area is 238 Å². The van der Waals surface area contributed by atoms with E-state index in [1.54, 1.807) is 31.5 Å². The average molecular weight is 561 g/mol. The Kier molecular flexibility index (Phi) is 6.53. The second-order valence-corrected chi connectivity index (χ2v) is 10.6. The number of benzene rings is 2. The molecule has 0 spiro atoms. The van der Waals surface area contributed by atoms with Crippen LogP contribution in [0, 0.1) is 25.7 Å². The molecule has 0 aliphatic heterocycles. The van der Waals surface area contributed by atoms with Crippen LogP contribution in [-0.2, 0) is 0 Å². The number of para-hydroxylation sites is 1. The normalized spacial score (nSPS) is 11.8. The molecular weight excluding hydrogens is 536 g/mol. The van der Waals surface area contributed by atoms with E-state index in [-0.39, 0.29) is 16.9 Å². The zero-order valence-electron chi connectivity index (χ0n) is 22.4. The molecule has 41 heavy (non-hydrogen) atoms. The third kappa shape index (κ3) is 4.70. The number of rotatable bonds is 4. The van der Waals surface area contributed by atoms with Gasteiger partial charge in [-0.1, -0.05) is 30.2 Å². The van der Waals surface area contributed by atoms with Crippen LogP contribution in [0.1, 0.15) is 50.3 Å².